The van der Waals surface area contributed by atoms with Crippen LogP contribution >= 0.6 is 0 Å². The van der Waals surface area contributed by atoms with Crippen molar-refractivity contribution in [2.24, 2.45) is 0 Å². The SMILES string of the molecule is CC(C)=CCC/C(C)=C/COc1c(OC(=O)c2ccccc2)c2cccc(OC(C)(C)C)c2oc1=O. The van der Waals surface area contributed by atoms with Crippen LogP contribution in [-0.4, -0.2) is 18.2 Å². The van der Waals surface area contributed by atoms with E-state index < -0.39 is 17.2 Å². The average molecular weight is 491 g/mol. The van der Waals surface area contributed by atoms with E-state index in [1.807, 2.05) is 33.8 Å². The highest BCUT2D eigenvalue weighted by Gasteiger charge is 2.24. The molecule has 0 aliphatic rings. The van der Waals surface area contributed by atoms with Crippen molar-refractivity contribution in [1.29, 1.82) is 0 Å². The molecule has 0 N–H and O–H groups in total. The summed E-state index contributed by atoms with van der Waals surface area (Å²) in [4.78, 5) is 26.0. The monoisotopic (exact) mass is 490 g/mol. The molecule has 0 spiro atoms. The molecule has 0 aliphatic heterocycles. The quantitative estimate of drug-likeness (QED) is 0.178. The maximum absolute atomic E-state index is 13.0. The summed E-state index contributed by atoms with van der Waals surface area (Å²) < 4.78 is 23.2. The van der Waals surface area contributed by atoms with E-state index in [2.05, 4.69) is 19.9 Å². The van der Waals surface area contributed by atoms with Crippen molar-refractivity contribution in [1.82, 2.24) is 0 Å². The number of hydrogen-bond donors (Lipinski definition) is 0. The molecule has 0 fully saturated rings. The van der Waals surface area contributed by atoms with Crippen molar-refractivity contribution in [2.45, 2.75) is 60.0 Å². The predicted octanol–water partition coefficient (Wildman–Crippen LogP) is 7.26. The number of benzene rings is 2. The number of carbonyl (C=O) groups is 1. The second kappa shape index (κ2) is 11.8. The average Bonchev–Trinajstić information content (AvgIpc) is 2.80. The summed E-state index contributed by atoms with van der Waals surface area (Å²) in [7, 11) is 0. The van der Waals surface area contributed by atoms with Gasteiger partial charge in [-0.2, -0.15) is 0 Å². The highest BCUT2D eigenvalue weighted by molar-refractivity contribution is 5.96. The van der Waals surface area contributed by atoms with Crippen molar-refractivity contribution >= 4 is 16.9 Å². The molecule has 0 amide bonds. The van der Waals surface area contributed by atoms with E-state index in [0.717, 1.165) is 18.4 Å². The number of fused-ring (bicyclic) bond motifs is 1. The first-order chi connectivity index (χ1) is 17.0. The van der Waals surface area contributed by atoms with Crippen LogP contribution in [0.1, 0.15) is 64.7 Å². The molecule has 0 aliphatic carbocycles. The molecule has 0 atom stereocenters. The molecule has 0 saturated heterocycles. The fourth-order valence-corrected chi connectivity index (χ4v) is 3.47. The molecule has 0 bridgehead atoms. The standard InChI is InChI=1S/C30H34O6/c1-20(2)12-10-13-21(3)18-19-33-27-26(35-28(31)22-14-8-7-9-15-22)23-16-11-17-24(36-30(4,5)6)25(23)34-29(27)32/h7-9,11-12,14-18H,10,13,19H2,1-6H3/b21-18+. The van der Waals surface area contributed by atoms with Gasteiger partial charge in [-0.15, -0.1) is 0 Å². The van der Waals surface area contributed by atoms with Crippen LogP contribution in [-0.2, 0) is 0 Å². The second-order valence-corrected chi connectivity index (χ2v) is 9.83. The molecular weight excluding hydrogens is 456 g/mol. The van der Waals surface area contributed by atoms with Crippen LogP contribution in [0.4, 0.5) is 0 Å². The minimum Gasteiger partial charge on any atom is -0.484 e. The lowest BCUT2D eigenvalue weighted by molar-refractivity contribution is 0.0729. The van der Waals surface area contributed by atoms with E-state index in [9.17, 15) is 9.59 Å². The molecule has 0 saturated carbocycles. The molecule has 3 aromatic rings. The Morgan fingerprint density at radius 3 is 2.33 bits per heavy atom. The Kier molecular flexibility index (Phi) is 8.75. The third-order valence-corrected chi connectivity index (χ3v) is 5.18. The number of hydrogen-bond acceptors (Lipinski definition) is 6. The van der Waals surface area contributed by atoms with E-state index in [4.69, 9.17) is 18.6 Å². The van der Waals surface area contributed by atoms with Crippen LogP contribution in [0.25, 0.3) is 11.0 Å². The van der Waals surface area contributed by atoms with E-state index >= 15 is 0 Å². The van der Waals surface area contributed by atoms with E-state index in [-0.39, 0.29) is 23.7 Å². The summed E-state index contributed by atoms with van der Waals surface area (Å²) in [5.74, 6) is -0.392. The Balaban J connectivity index is 2.01. The van der Waals surface area contributed by atoms with Crippen LogP contribution in [0.15, 0.2) is 81.0 Å². The first-order valence-electron chi connectivity index (χ1n) is 12.0. The van der Waals surface area contributed by atoms with Crippen molar-refractivity contribution < 1.29 is 23.4 Å². The molecular formula is C30H34O6. The van der Waals surface area contributed by atoms with Crippen LogP contribution in [0.3, 0.4) is 0 Å². The summed E-state index contributed by atoms with van der Waals surface area (Å²) >= 11 is 0. The van der Waals surface area contributed by atoms with Gasteiger partial charge >= 0.3 is 11.6 Å². The van der Waals surface area contributed by atoms with Gasteiger partial charge in [0, 0.05) is 0 Å². The Labute approximate surface area is 212 Å². The third-order valence-electron chi connectivity index (χ3n) is 5.18. The Morgan fingerprint density at radius 1 is 0.944 bits per heavy atom. The van der Waals surface area contributed by atoms with Gasteiger partial charge in [0.15, 0.2) is 17.1 Å². The number of allylic oxidation sites excluding steroid dienone is 3. The van der Waals surface area contributed by atoms with Crippen molar-refractivity contribution in [3.8, 4) is 17.2 Å². The second-order valence-electron chi connectivity index (χ2n) is 9.83. The highest BCUT2D eigenvalue weighted by atomic mass is 16.6. The lowest BCUT2D eigenvalue weighted by atomic mass is 10.1. The number of rotatable bonds is 9. The van der Waals surface area contributed by atoms with Gasteiger partial charge in [0.25, 0.3) is 0 Å². The van der Waals surface area contributed by atoms with Crippen LogP contribution < -0.4 is 19.8 Å². The molecule has 0 unspecified atom stereocenters. The molecule has 190 valence electrons. The van der Waals surface area contributed by atoms with E-state index in [0.29, 0.717) is 16.7 Å². The highest BCUT2D eigenvalue weighted by Crippen LogP contribution is 2.38. The summed E-state index contributed by atoms with van der Waals surface area (Å²) in [6.07, 6.45) is 5.89. The van der Waals surface area contributed by atoms with Crippen LogP contribution in [0.2, 0.25) is 0 Å². The molecule has 2 aromatic carbocycles. The number of para-hydroxylation sites is 1. The number of esters is 1. The largest absolute Gasteiger partial charge is 0.484 e. The van der Waals surface area contributed by atoms with Gasteiger partial charge in [0.05, 0.1) is 10.9 Å². The summed E-state index contributed by atoms with van der Waals surface area (Å²) in [6.45, 7) is 12.0. The maximum atomic E-state index is 13.0. The molecule has 1 heterocycles. The lowest BCUT2D eigenvalue weighted by Crippen LogP contribution is -2.23. The zero-order valence-corrected chi connectivity index (χ0v) is 21.8. The van der Waals surface area contributed by atoms with Gasteiger partial charge in [-0.25, -0.2) is 9.59 Å². The predicted molar refractivity (Wildman–Crippen MR) is 142 cm³/mol. The van der Waals surface area contributed by atoms with Gasteiger partial charge in [-0.3, -0.25) is 0 Å². The summed E-state index contributed by atoms with van der Waals surface area (Å²) in [6, 6.07) is 13.7. The lowest BCUT2D eigenvalue weighted by Gasteiger charge is -2.22. The Hall–Kier alpha value is -3.80. The molecule has 36 heavy (non-hydrogen) atoms. The van der Waals surface area contributed by atoms with E-state index in [1.165, 1.54) is 5.57 Å². The van der Waals surface area contributed by atoms with Gasteiger partial charge in [-0.1, -0.05) is 41.5 Å². The van der Waals surface area contributed by atoms with Crippen molar-refractivity contribution in [3.05, 3.63) is 87.8 Å². The van der Waals surface area contributed by atoms with Gasteiger partial charge in [0.1, 0.15) is 12.2 Å². The molecule has 3 rings (SSSR count). The Morgan fingerprint density at radius 2 is 1.67 bits per heavy atom. The number of carbonyl (C=O) groups excluding carboxylic acids is 1. The van der Waals surface area contributed by atoms with E-state index in [1.54, 1.807) is 48.5 Å². The van der Waals surface area contributed by atoms with Gasteiger partial charge in [-0.05, 0) is 84.7 Å². The summed E-state index contributed by atoms with van der Waals surface area (Å²) in [5, 5.41) is 0.403. The molecule has 0 radical (unpaired) electrons. The van der Waals surface area contributed by atoms with Crippen molar-refractivity contribution in [2.75, 3.05) is 6.61 Å². The summed E-state index contributed by atoms with van der Waals surface area (Å²) in [5.41, 5.74) is 1.65. The third kappa shape index (κ3) is 7.35. The number of ether oxygens (including phenoxy) is 3. The van der Waals surface area contributed by atoms with Crippen LogP contribution in [0.5, 0.6) is 17.2 Å². The first kappa shape index (κ1) is 26.8. The zero-order chi connectivity index (χ0) is 26.3. The minimum absolute atomic E-state index is 0.00468. The molecule has 6 nitrogen and oxygen atoms in total. The smallest absolute Gasteiger partial charge is 0.383 e. The van der Waals surface area contributed by atoms with Crippen LogP contribution in [0, 0.1) is 0 Å². The molecule has 6 heteroatoms. The maximum Gasteiger partial charge on any atom is 0.383 e. The first-order valence-corrected chi connectivity index (χ1v) is 12.0. The minimum atomic E-state index is -0.751. The fourth-order valence-electron chi connectivity index (χ4n) is 3.47. The Bertz CT molecular complexity index is 1320. The molecule has 1 aromatic heterocycles. The van der Waals surface area contributed by atoms with Gasteiger partial charge in [0.2, 0.25) is 5.75 Å². The van der Waals surface area contributed by atoms with Crippen molar-refractivity contribution in [3.63, 3.8) is 0 Å². The fraction of sp³-hybridized carbons (Fsp3) is 0.333. The topological polar surface area (TPSA) is 75.0 Å². The van der Waals surface area contributed by atoms with Gasteiger partial charge < -0.3 is 18.6 Å². The zero-order valence-electron chi connectivity index (χ0n) is 21.8. The normalized spacial score (nSPS) is 11.8.